The van der Waals surface area contributed by atoms with Gasteiger partial charge in [-0.15, -0.1) is 15.3 Å². The van der Waals surface area contributed by atoms with Crippen molar-refractivity contribution >= 4 is 5.65 Å². The normalized spacial score (nSPS) is 19.4. The standard InChI is InChI=1S/C18H23N7O2/c1-26-16-6-5-15-20-21-17(25(15)22-16)12-7-9-24(10-8-12)11-14-19-18(27-23-14)13-3-2-4-13/h5-6,12-13H,2-4,7-11H2,1H3. The summed E-state index contributed by atoms with van der Waals surface area (Å²) in [6, 6.07) is 3.69. The fourth-order valence-electron chi connectivity index (χ4n) is 3.85. The number of likely N-dealkylation sites (tertiary alicyclic amines) is 1. The summed E-state index contributed by atoms with van der Waals surface area (Å²) in [5.74, 6) is 3.93. The molecule has 0 atom stereocenters. The highest BCUT2D eigenvalue weighted by Gasteiger charge is 2.28. The predicted molar refractivity (Wildman–Crippen MR) is 95.5 cm³/mol. The SMILES string of the molecule is COc1ccc2nnc(C3CCN(Cc4noc(C5CCC5)n4)CC3)n2n1. The van der Waals surface area contributed by atoms with Crippen LogP contribution in [-0.2, 0) is 6.54 Å². The summed E-state index contributed by atoms with van der Waals surface area (Å²) in [5, 5.41) is 17.3. The maximum atomic E-state index is 5.43. The van der Waals surface area contributed by atoms with Crippen molar-refractivity contribution in [3.8, 4) is 5.88 Å². The molecule has 3 aromatic rings. The Balaban J connectivity index is 1.23. The molecular weight excluding hydrogens is 346 g/mol. The summed E-state index contributed by atoms with van der Waals surface area (Å²) in [7, 11) is 1.62. The molecule has 0 N–H and O–H groups in total. The van der Waals surface area contributed by atoms with Crippen LogP contribution in [0.2, 0.25) is 0 Å². The van der Waals surface area contributed by atoms with E-state index in [1.807, 2.05) is 10.6 Å². The van der Waals surface area contributed by atoms with Crippen LogP contribution in [0, 0.1) is 0 Å². The number of nitrogens with zero attached hydrogens (tertiary/aromatic N) is 7. The first kappa shape index (κ1) is 16.6. The Labute approximate surface area is 156 Å². The first-order valence-corrected chi connectivity index (χ1v) is 9.61. The fraction of sp³-hybridized carbons (Fsp3) is 0.611. The Hall–Kier alpha value is -2.55. The van der Waals surface area contributed by atoms with Crippen molar-refractivity contribution in [3.05, 3.63) is 29.7 Å². The average Bonchev–Trinajstić information content (AvgIpc) is 3.27. The Bertz CT molecular complexity index is 925. The zero-order valence-electron chi connectivity index (χ0n) is 15.4. The highest BCUT2D eigenvalue weighted by molar-refractivity contribution is 5.38. The number of aromatic nitrogens is 6. The molecule has 0 unspecified atom stereocenters. The van der Waals surface area contributed by atoms with Crippen LogP contribution in [0.15, 0.2) is 16.7 Å². The second-order valence-corrected chi connectivity index (χ2v) is 7.43. The summed E-state index contributed by atoms with van der Waals surface area (Å²) in [6.07, 6.45) is 5.64. The van der Waals surface area contributed by atoms with Crippen molar-refractivity contribution in [2.75, 3.05) is 20.2 Å². The molecule has 1 saturated carbocycles. The number of fused-ring (bicyclic) bond motifs is 1. The molecule has 0 radical (unpaired) electrons. The lowest BCUT2D eigenvalue weighted by atomic mass is 9.85. The minimum Gasteiger partial charge on any atom is -0.480 e. The van der Waals surface area contributed by atoms with E-state index in [1.54, 1.807) is 13.2 Å². The Morgan fingerprint density at radius 2 is 1.96 bits per heavy atom. The van der Waals surface area contributed by atoms with Gasteiger partial charge in [-0.1, -0.05) is 11.6 Å². The van der Waals surface area contributed by atoms with E-state index in [9.17, 15) is 0 Å². The lowest BCUT2D eigenvalue weighted by molar-refractivity contribution is 0.194. The Morgan fingerprint density at radius 1 is 1.11 bits per heavy atom. The highest BCUT2D eigenvalue weighted by Crippen LogP contribution is 2.35. The van der Waals surface area contributed by atoms with Gasteiger partial charge in [-0.05, 0) is 44.8 Å². The lowest BCUT2D eigenvalue weighted by Gasteiger charge is -2.30. The molecular formula is C18H23N7O2. The van der Waals surface area contributed by atoms with Gasteiger partial charge in [0.25, 0.3) is 0 Å². The first-order valence-electron chi connectivity index (χ1n) is 9.61. The second-order valence-electron chi connectivity index (χ2n) is 7.43. The molecule has 9 nitrogen and oxygen atoms in total. The number of hydrogen-bond acceptors (Lipinski definition) is 8. The number of methoxy groups -OCH3 is 1. The zero-order valence-corrected chi connectivity index (χ0v) is 15.4. The lowest BCUT2D eigenvalue weighted by Crippen LogP contribution is -2.33. The summed E-state index contributed by atoms with van der Waals surface area (Å²) in [6.45, 7) is 2.68. The molecule has 0 aromatic carbocycles. The molecule has 2 aliphatic rings. The molecule has 1 saturated heterocycles. The molecule has 0 amide bonds. The van der Waals surface area contributed by atoms with Gasteiger partial charge in [0, 0.05) is 17.9 Å². The number of ether oxygens (including phenoxy) is 1. The van der Waals surface area contributed by atoms with E-state index < -0.39 is 0 Å². The van der Waals surface area contributed by atoms with Crippen LogP contribution in [0.1, 0.15) is 61.5 Å². The van der Waals surface area contributed by atoms with Crippen LogP contribution in [0.4, 0.5) is 0 Å². The second kappa shape index (κ2) is 6.88. The number of piperidine rings is 1. The number of hydrogen-bond donors (Lipinski definition) is 0. The smallest absolute Gasteiger partial charge is 0.231 e. The quantitative estimate of drug-likeness (QED) is 0.675. The van der Waals surface area contributed by atoms with Crippen molar-refractivity contribution in [2.45, 2.75) is 50.5 Å². The van der Waals surface area contributed by atoms with Crippen LogP contribution < -0.4 is 4.74 Å². The minimum absolute atomic E-state index is 0.340. The summed E-state index contributed by atoms with van der Waals surface area (Å²) in [5.41, 5.74) is 0.753. The van der Waals surface area contributed by atoms with Crippen molar-refractivity contribution in [1.82, 2.24) is 34.9 Å². The molecule has 9 heteroatoms. The molecule has 3 aromatic heterocycles. The van der Waals surface area contributed by atoms with Gasteiger partial charge in [0.05, 0.1) is 13.7 Å². The van der Waals surface area contributed by atoms with Gasteiger partial charge in [-0.3, -0.25) is 4.90 Å². The third-order valence-electron chi connectivity index (χ3n) is 5.73. The average molecular weight is 369 g/mol. The predicted octanol–water partition coefficient (Wildman–Crippen LogP) is 2.16. The zero-order chi connectivity index (χ0) is 18.2. The molecule has 4 heterocycles. The van der Waals surface area contributed by atoms with Crippen LogP contribution >= 0.6 is 0 Å². The van der Waals surface area contributed by atoms with E-state index in [0.29, 0.717) is 17.7 Å². The van der Waals surface area contributed by atoms with Gasteiger partial charge in [0.1, 0.15) is 0 Å². The molecule has 1 aliphatic heterocycles. The summed E-state index contributed by atoms with van der Waals surface area (Å²) in [4.78, 5) is 6.96. The molecule has 0 bridgehead atoms. The Kier molecular flexibility index (Phi) is 4.23. The van der Waals surface area contributed by atoms with E-state index in [4.69, 9.17) is 9.26 Å². The van der Waals surface area contributed by atoms with Gasteiger partial charge >= 0.3 is 0 Å². The van der Waals surface area contributed by atoms with Gasteiger partial charge < -0.3 is 9.26 Å². The molecule has 142 valence electrons. The van der Waals surface area contributed by atoms with E-state index in [0.717, 1.165) is 55.7 Å². The van der Waals surface area contributed by atoms with Crippen molar-refractivity contribution in [2.24, 2.45) is 0 Å². The minimum atomic E-state index is 0.340. The molecule has 1 aliphatic carbocycles. The molecule has 0 spiro atoms. The molecule has 2 fully saturated rings. The Morgan fingerprint density at radius 3 is 2.70 bits per heavy atom. The van der Waals surface area contributed by atoms with E-state index in [1.165, 1.54) is 19.3 Å². The van der Waals surface area contributed by atoms with Gasteiger partial charge in [0.15, 0.2) is 17.3 Å². The van der Waals surface area contributed by atoms with Crippen LogP contribution in [0.5, 0.6) is 5.88 Å². The van der Waals surface area contributed by atoms with Crippen LogP contribution in [0.25, 0.3) is 5.65 Å². The molecule has 5 rings (SSSR count). The van der Waals surface area contributed by atoms with E-state index >= 15 is 0 Å². The summed E-state index contributed by atoms with van der Waals surface area (Å²) < 4.78 is 12.5. The van der Waals surface area contributed by atoms with E-state index in [2.05, 4.69) is 30.3 Å². The maximum Gasteiger partial charge on any atom is 0.231 e. The van der Waals surface area contributed by atoms with Crippen LogP contribution in [0.3, 0.4) is 0 Å². The van der Waals surface area contributed by atoms with Crippen LogP contribution in [-0.4, -0.2) is 55.1 Å². The third-order valence-corrected chi connectivity index (χ3v) is 5.73. The fourth-order valence-corrected chi connectivity index (χ4v) is 3.85. The van der Waals surface area contributed by atoms with Gasteiger partial charge in [-0.25, -0.2) is 0 Å². The van der Waals surface area contributed by atoms with Crippen molar-refractivity contribution in [3.63, 3.8) is 0 Å². The topological polar surface area (TPSA) is 94.5 Å². The van der Waals surface area contributed by atoms with Gasteiger partial charge in [0.2, 0.25) is 11.8 Å². The monoisotopic (exact) mass is 369 g/mol. The van der Waals surface area contributed by atoms with E-state index in [-0.39, 0.29) is 0 Å². The van der Waals surface area contributed by atoms with Crippen molar-refractivity contribution in [1.29, 1.82) is 0 Å². The third kappa shape index (κ3) is 3.16. The largest absolute Gasteiger partial charge is 0.480 e. The first-order chi connectivity index (χ1) is 13.3. The maximum absolute atomic E-state index is 5.43. The van der Waals surface area contributed by atoms with Crippen molar-refractivity contribution < 1.29 is 9.26 Å². The number of rotatable bonds is 5. The summed E-state index contributed by atoms with van der Waals surface area (Å²) >= 11 is 0. The molecule has 27 heavy (non-hydrogen) atoms. The van der Waals surface area contributed by atoms with Gasteiger partial charge in [-0.2, -0.15) is 9.50 Å². The highest BCUT2D eigenvalue weighted by atomic mass is 16.5.